The van der Waals surface area contributed by atoms with E-state index in [2.05, 4.69) is 15.9 Å². The summed E-state index contributed by atoms with van der Waals surface area (Å²) in [4.78, 5) is 12.5. The van der Waals surface area contributed by atoms with Crippen LogP contribution in [0.25, 0.3) is 0 Å². The van der Waals surface area contributed by atoms with Crippen molar-refractivity contribution < 1.29 is 9.66 Å². The Kier molecular flexibility index (Phi) is 4.80. The number of anilines is 2. The summed E-state index contributed by atoms with van der Waals surface area (Å²) in [7, 11) is 3.55. The number of nitro groups is 1. The van der Waals surface area contributed by atoms with Gasteiger partial charge in [0.2, 0.25) is 0 Å². The van der Waals surface area contributed by atoms with Gasteiger partial charge in [0.1, 0.15) is 5.75 Å². The fraction of sp³-hybridized carbons (Fsp3) is 0.200. The van der Waals surface area contributed by atoms with Crippen molar-refractivity contribution in [3.8, 4) is 5.75 Å². The van der Waals surface area contributed by atoms with E-state index in [0.29, 0.717) is 5.33 Å². The molecule has 2 rings (SSSR count). The second kappa shape index (κ2) is 6.58. The molecule has 5 nitrogen and oxygen atoms in total. The highest BCUT2D eigenvalue weighted by Gasteiger charge is 2.14. The maximum atomic E-state index is 10.9. The first-order chi connectivity index (χ1) is 10.1. The maximum Gasteiger partial charge on any atom is 0.269 e. The molecule has 0 aliphatic rings. The van der Waals surface area contributed by atoms with Crippen LogP contribution in [0.3, 0.4) is 0 Å². The van der Waals surface area contributed by atoms with Crippen molar-refractivity contribution >= 4 is 33.0 Å². The third-order valence-corrected chi connectivity index (χ3v) is 3.84. The highest BCUT2D eigenvalue weighted by Crippen LogP contribution is 2.32. The molecule has 0 saturated carbocycles. The summed E-state index contributed by atoms with van der Waals surface area (Å²) >= 11 is 3.39. The van der Waals surface area contributed by atoms with Gasteiger partial charge in [-0.05, 0) is 35.9 Å². The van der Waals surface area contributed by atoms with Gasteiger partial charge in [-0.1, -0.05) is 15.9 Å². The Bertz CT molecular complexity index is 644. The van der Waals surface area contributed by atoms with E-state index < -0.39 is 0 Å². The van der Waals surface area contributed by atoms with Crippen LogP contribution in [0.2, 0.25) is 0 Å². The summed E-state index contributed by atoms with van der Waals surface area (Å²) in [5, 5.41) is 11.4. The number of benzene rings is 2. The lowest BCUT2D eigenvalue weighted by atomic mass is 10.1. The van der Waals surface area contributed by atoms with Gasteiger partial charge in [-0.3, -0.25) is 10.1 Å². The molecule has 0 spiro atoms. The second-order valence-electron chi connectivity index (χ2n) is 4.46. The zero-order valence-electron chi connectivity index (χ0n) is 11.7. The zero-order chi connectivity index (χ0) is 15.4. The maximum absolute atomic E-state index is 10.9. The second-order valence-corrected chi connectivity index (χ2v) is 5.02. The standard InChI is InChI=1S/C15H15BrN2O3/c1-17(12-3-6-14(21-2)7-4-12)15-8-5-13(18(19)20)9-11(15)10-16/h3-9H,10H2,1-2H3. The zero-order valence-corrected chi connectivity index (χ0v) is 13.3. The molecule has 0 heterocycles. The molecule has 0 unspecified atom stereocenters. The van der Waals surface area contributed by atoms with Crippen LogP contribution in [-0.2, 0) is 5.33 Å². The normalized spacial score (nSPS) is 10.2. The predicted octanol–water partition coefficient (Wildman–Crippen LogP) is 4.27. The van der Waals surface area contributed by atoms with Crippen LogP contribution in [0.4, 0.5) is 17.1 Å². The molecule has 0 atom stereocenters. The summed E-state index contributed by atoms with van der Waals surface area (Å²) in [6, 6.07) is 12.5. The Labute approximate surface area is 131 Å². The van der Waals surface area contributed by atoms with E-state index in [1.807, 2.05) is 36.2 Å². The molecule has 110 valence electrons. The smallest absolute Gasteiger partial charge is 0.269 e. The van der Waals surface area contributed by atoms with Crippen LogP contribution in [0.1, 0.15) is 5.56 Å². The molecule has 2 aromatic carbocycles. The molecule has 0 radical (unpaired) electrons. The summed E-state index contributed by atoms with van der Waals surface area (Å²) in [5.74, 6) is 0.788. The molecule has 0 aliphatic carbocycles. The highest BCUT2D eigenvalue weighted by atomic mass is 79.9. The van der Waals surface area contributed by atoms with Gasteiger partial charge in [0.15, 0.2) is 0 Å². The Morgan fingerprint density at radius 2 is 1.90 bits per heavy atom. The fourth-order valence-corrected chi connectivity index (χ4v) is 2.51. The van der Waals surface area contributed by atoms with Crippen LogP contribution in [-0.4, -0.2) is 19.1 Å². The van der Waals surface area contributed by atoms with Gasteiger partial charge in [0.25, 0.3) is 5.69 Å². The first kappa shape index (κ1) is 15.3. The molecule has 2 aromatic rings. The lowest BCUT2D eigenvalue weighted by molar-refractivity contribution is -0.384. The summed E-state index contributed by atoms with van der Waals surface area (Å²) in [5.41, 5.74) is 2.85. The molecule has 0 aliphatic heterocycles. The average Bonchev–Trinajstić information content (AvgIpc) is 2.53. The largest absolute Gasteiger partial charge is 0.497 e. The third kappa shape index (κ3) is 3.33. The first-order valence-electron chi connectivity index (χ1n) is 6.28. The monoisotopic (exact) mass is 350 g/mol. The van der Waals surface area contributed by atoms with Gasteiger partial charge in [-0.25, -0.2) is 0 Å². The van der Waals surface area contributed by atoms with Crippen molar-refractivity contribution in [2.75, 3.05) is 19.1 Å². The summed E-state index contributed by atoms with van der Waals surface area (Å²) in [6.07, 6.45) is 0. The lowest BCUT2D eigenvalue weighted by Gasteiger charge is -2.22. The van der Waals surface area contributed by atoms with Crippen molar-refractivity contribution in [1.82, 2.24) is 0 Å². The quantitative estimate of drug-likeness (QED) is 0.459. The SMILES string of the molecule is COc1ccc(N(C)c2ccc([N+](=O)[O-])cc2CBr)cc1. The Morgan fingerprint density at radius 1 is 1.24 bits per heavy atom. The minimum atomic E-state index is -0.386. The molecule has 0 saturated heterocycles. The number of nitro benzene ring substituents is 1. The molecule has 0 aromatic heterocycles. The molecule has 0 amide bonds. The molecule has 0 N–H and O–H groups in total. The van der Waals surface area contributed by atoms with Gasteiger partial charge < -0.3 is 9.64 Å². The molecular weight excluding hydrogens is 336 g/mol. The predicted molar refractivity (Wildman–Crippen MR) is 86.8 cm³/mol. The van der Waals surface area contributed by atoms with E-state index in [0.717, 1.165) is 22.7 Å². The summed E-state index contributed by atoms with van der Waals surface area (Å²) in [6.45, 7) is 0. The minimum absolute atomic E-state index is 0.0938. The van der Waals surface area contributed by atoms with Crippen molar-refractivity contribution in [1.29, 1.82) is 0 Å². The van der Waals surface area contributed by atoms with Gasteiger partial charge in [-0.15, -0.1) is 0 Å². The van der Waals surface area contributed by atoms with Gasteiger partial charge >= 0.3 is 0 Å². The molecule has 6 heteroatoms. The van der Waals surface area contributed by atoms with E-state index in [9.17, 15) is 10.1 Å². The Morgan fingerprint density at radius 3 is 2.43 bits per heavy atom. The third-order valence-electron chi connectivity index (χ3n) is 3.24. The van der Waals surface area contributed by atoms with E-state index in [-0.39, 0.29) is 10.6 Å². The van der Waals surface area contributed by atoms with Gasteiger partial charge in [0, 0.05) is 35.9 Å². The minimum Gasteiger partial charge on any atom is -0.497 e. The van der Waals surface area contributed by atoms with Crippen molar-refractivity contribution in [2.45, 2.75) is 5.33 Å². The van der Waals surface area contributed by atoms with Crippen LogP contribution < -0.4 is 9.64 Å². The molecular formula is C15H15BrN2O3. The van der Waals surface area contributed by atoms with Gasteiger partial charge in [0.05, 0.1) is 12.0 Å². The first-order valence-corrected chi connectivity index (χ1v) is 7.40. The average molecular weight is 351 g/mol. The number of hydrogen-bond donors (Lipinski definition) is 0. The van der Waals surface area contributed by atoms with Crippen LogP contribution >= 0.6 is 15.9 Å². The Balaban J connectivity index is 2.37. The number of halogens is 1. The number of nitrogens with zero attached hydrogens (tertiary/aromatic N) is 2. The van der Waals surface area contributed by atoms with Crippen molar-refractivity contribution in [2.24, 2.45) is 0 Å². The number of alkyl halides is 1. The Hall–Kier alpha value is -2.08. The fourth-order valence-electron chi connectivity index (χ4n) is 2.06. The molecule has 0 bridgehead atoms. The van der Waals surface area contributed by atoms with E-state index in [1.54, 1.807) is 19.2 Å². The highest BCUT2D eigenvalue weighted by molar-refractivity contribution is 9.08. The van der Waals surface area contributed by atoms with Crippen LogP contribution in [0.15, 0.2) is 42.5 Å². The summed E-state index contributed by atoms with van der Waals surface area (Å²) < 4.78 is 5.14. The van der Waals surface area contributed by atoms with Gasteiger partial charge in [-0.2, -0.15) is 0 Å². The van der Waals surface area contributed by atoms with E-state index >= 15 is 0 Å². The number of ether oxygens (including phenoxy) is 1. The number of non-ortho nitro benzene ring substituents is 1. The molecule has 0 fully saturated rings. The van der Waals surface area contributed by atoms with Crippen LogP contribution in [0, 0.1) is 10.1 Å². The van der Waals surface area contributed by atoms with Crippen molar-refractivity contribution in [3.63, 3.8) is 0 Å². The lowest BCUT2D eigenvalue weighted by Crippen LogP contribution is -2.11. The number of rotatable bonds is 5. The van der Waals surface area contributed by atoms with Crippen LogP contribution in [0.5, 0.6) is 5.75 Å². The van der Waals surface area contributed by atoms with E-state index in [1.165, 1.54) is 6.07 Å². The van der Waals surface area contributed by atoms with E-state index in [4.69, 9.17) is 4.74 Å². The number of hydrogen-bond acceptors (Lipinski definition) is 4. The van der Waals surface area contributed by atoms with Crippen molar-refractivity contribution in [3.05, 3.63) is 58.1 Å². The number of methoxy groups -OCH3 is 1. The topological polar surface area (TPSA) is 55.6 Å². The molecule has 21 heavy (non-hydrogen) atoms.